The summed E-state index contributed by atoms with van der Waals surface area (Å²) in [4.78, 5) is 19.1. The van der Waals surface area contributed by atoms with Crippen LogP contribution in [0.3, 0.4) is 0 Å². The van der Waals surface area contributed by atoms with Gasteiger partial charge in [-0.1, -0.05) is 26.8 Å². The number of nitrogens with one attached hydrogen (secondary N) is 1. The van der Waals surface area contributed by atoms with Crippen LogP contribution in [-0.4, -0.2) is 16.7 Å². The van der Waals surface area contributed by atoms with Crippen LogP contribution in [0.25, 0.3) is 15.9 Å². The average Bonchev–Trinajstić information content (AvgIpc) is 2.99. The number of thiophene rings is 1. The highest BCUT2D eigenvalue weighted by Gasteiger charge is 2.31. The molecular formula is C22H26N2O2S2. The van der Waals surface area contributed by atoms with Gasteiger partial charge in [-0.2, -0.15) is 0 Å². The molecule has 4 nitrogen and oxygen atoms in total. The summed E-state index contributed by atoms with van der Waals surface area (Å²) in [6.07, 6.45) is 3.11. The van der Waals surface area contributed by atoms with E-state index in [2.05, 4.69) is 25.8 Å². The van der Waals surface area contributed by atoms with Crippen LogP contribution < -0.4 is 10.3 Å². The second-order valence-electron chi connectivity index (χ2n) is 8.74. The number of fused-ring (bicyclic) bond motifs is 3. The van der Waals surface area contributed by atoms with Gasteiger partial charge in [0.25, 0.3) is 5.56 Å². The Bertz CT molecular complexity index is 1180. The zero-order chi connectivity index (χ0) is 20.2. The maximum atomic E-state index is 13.6. The van der Waals surface area contributed by atoms with Crippen LogP contribution in [0.4, 0.5) is 0 Å². The summed E-state index contributed by atoms with van der Waals surface area (Å²) >= 11 is 7.29. The van der Waals surface area contributed by atoms with Gasteiger partial charge in [0.1, 0.15) is 10.6 Å². The van der Waals surface area contributed by atoms with Crippen LogP contribution in [0.2, 0.25) is 0 Å². The standard InChI is InChI=1S/C22H26N2O2S2/c1-12-6-8-14(26-5)11-16(12)24-20(25)18-15-9-7-13(22(2,3)4)10-17(15)28-19(18)23-21(24)27/h6,8,11,13H,7,9-10H2,1-5H3,(H,23,27)/t13-/m1/s1. The molecule has 0 amide bonds. The first-order chi connectivity index (χ1) is 13.2. The van der Waals surface area contributed by atoms with Crippen LogP contribution in [0.1, 0.15) is 43.2 Å². The first-order valence-electron chi connectivity index (χ1n) is 9.65. The lowest BCUT2D eigenvalue weighted by Crippen LogP contribution is -2.27. The molecule has 2 aromatic heterocycles. The fraction of sp³-hybridized carbons (Fsp3) is 0.455. The maximum Gasteiger partial charge on any atom is 0.267 e. The Kier molecular flexibility index (Phi) is 4.74. The third-order valence-corrected chi connectivity index (χ3v) is 7.44. The normalized spacial score (nSPS) is 17.0. The minimum Gasteiger partial charge on any atom is -0.497 e. The number of hydrogen-bond acceptors (Lipinski definition) is 4. The average molecular weight is 415 g/mol. The van der Waals surface area contributed by atoms with Crippen molar-refractivity contribution in [2.45, 2.75) is 47.0 Å². The van der Waals surface area contributed by atoms with E-state index in [4.69, 9.17) is 17.0 Å². The van der Waals surface area contributed by atoms with Gasteiger partial charge in [0, 0.05) is 10.9 Å². The predicted octanol–water partition coefficient (Wildman–Crippen LogP) is 5.58. The van der Waals surface area contributed by atoms with Gasteiger partial charge in [-0.25, -0.2) is 0 Å². The van der Waals surface area contributed by atoms with E-state index < -0.39 is 0 Å². The minimum absolute atomic E-state index is 0.0261. The second kappa shape index (κ2) is 6.85. The molecule has 0 unspecified atom stereocenters. The summed E-state index contributed by atoms with van der Waals surface area (Å²) in [5, 5.41) is 0.808. The molecule has 0 saturated carbocycles. The molecule has 2 heterocycles. The Morgan fingerprint density at radius 3 is 2.75 bits per heavy atom. The third-order valence-electron chi connectivity index (χ3n) is 5.99. The summed E-state index contributed by atoms with van der Waals surface area (Å²) in [5.41, 5.74) is 3.22. The van der Waals surface area contributed by atoms with E-state index in [1.807, 2.05) is 25.1 Å². The Morgan fingerprint density at radius 1 is 1.32 bits per heavy atom. The molecule has 1 atom stereocenters. The molecule has 28 heavy (non-hydrogen) atoms. The Labute approximate surface area is 174 Å². The van der Waals surface area contributed by atoms with Crippen LogP contribution in [0, 0.1) is 23.0 Å². The highest BCUT2D eigenvalue weighted by atomic mass is 32.1. The summed E-state index contributed by atoms with van der Waals surface area (Å²) < 4.78 is 7.41. The SMILES string of the molecule is COc1ccc(C)c(-n2c(=S)[nH]c3sc4c(c3c2=O)CC[C@@H](C(C)(C)C)C4)c1. The zero-order valence-electron chi connectivity index (χ0n) is 17.0. The van der Waals surface area contributed by atoms with Crippen molar-refractivity contribution in [2.75, 3.05) is 7.11 Å². The fourth-order valence-electron chi connectivity index (χ4n) is 4.17. The molecule has 148 valence electrons. The highest BCUT2D eigenvalue weighted by molar-refractivity contribution is 7.71. The van der Waals surface area contributed by atoms with Crippen LogP contribution >= 0.6 is 23.6 Å². The Balaban J connectivity index is 1.93. The predicted molar refractivity (Wildman–Crippen MR) is 119 cm³/mol. The highest BCUT2D eigenvalue weighted by Crippen LogP contribution is 2.42. The van der Waals surface area contributed by atoms with E-state index in [9.17, 15) is 4.79 Å². The number of ether oxygens (including phenoxy) is 1. The number of aromatic nitrogens is 2. The number of benzene rings is 1. The summed E-state index contributed by atoms with van der Waals surface area (Å²) in [6.45, 7) is 8.91. The topological polar surface area (TPSA) is 47.0 Å². The second-order valence-corrected chi connectivity index (χ2v) is 10.2. The number of aromatic amines is 1. The monoisotopic (exact) mass is 414 g/mol. The van der Waals surface area contributed by atoms with Gasteiger partial charge in [0.05, 0.1) is 18.2 Å². The van der Waals surface area contributed by atoms with Gasteiger partial charge in [-0.3, -0.25) is 9.36 Å². The van der Waals surface area contributed by atoms with Crippen molar-refractivity contribution in [1.29, 1.82) is 0 Å². The van der Waals surface area contributed by atoms with Crippen molar-refractivity contribution >= 4 is 33.8 Å². The molecule has 0 radical (unpaired) electrons. The Hall–Kier alpha value is -1.92. The molecule has 0 spiro atoms. The van der Waals surface area contributed by atoms with Gasteiger partial charge in [-0.15, -0.1) is 11.3 Å². The molecule has 0 aliphatic heterocycles. The number of rotatable bonds is 2. The van der Waals surface area contributed by atoms with Crippen molar-refractivity contribution in [3.8, 4) is 11.4 Å². The third kappa shape index (κ3) is 3.12. The van der Waals surface area contributed by atoms with E-state index in [1.54, 1.807) is 23.0 Å². The van der Waals surface area contributed by atoms with Crippen LogP contribution in [-0.2, 0) is 12.8 Å². The van der Waals surface area contributed by atoms with E-state index >= 15 is 0 Å². The number of hydrogen-bond donors (Lipinski definition) is 1. The van der Waals surface area contributed by atoms with Crippen molar-refractivity contribution in [3.05, 3.63) is 49.3 Å². The molecule has 4 rings (SSSR count). The van der Waals surface area contributed by atoms with E-state index in [0.717, 1.165) is 40.7 Å². The Morgan fingerprint density at radius 2 is 2.07 bits per heavy atom. The van der Waals surface area contributed by atoms with Crippen molar-refractivity contribution < 1.29 is 4.74 Å². The molecule has 1 aliphatic rings. The van der Waals surface area contributed by atoms with Gasteiger partial charge >= 0.3 is 0 Å². The molecule has 6 heteroatoms. The largest absolute Gasteiger partial charge is 0.497 e. The smallest absolute Gasteiger partial charge is 0.267 e. The quantitative estimate of drug-likeness (QED) is 0.557. The molecule has 0 fully saturated rings. The van der Waals surface area contributed by atoms with E-state index in [1.165, 1.54) is 10.4 Å². The van der Waals surface area contributed by atoms with Gasteiger partial charge in [0.15, 0.2) is 4.77 Å². The molecule has 1 N–H and O–H groups in total. The minimum atomic E-state index is -0.0261. The van der Waals surface area contributed by atoms with Crippen LogP contribution in [0.15, 0.2) is 23.0 Å². The molecular weight excluding hydrogens is 388 g/mol. The fourth-order valence-corrected chi connectivity index (χ4v) is 5.84. The summed E-state index contributed by atoms with van der Waals surface area (Å²) in [5.74, 6) is 1.35. The number of nitrogens with zero attached hydrogens (tertiary/aromatic N) is 1. The molecule has 1 aromatic carbocycles. The number of aryl methyl sites for hydroxylation is 2. The molecule has 3 aromatic rings. The van der Waals surface area contributed by atoms with E-state index in [0.29, 0.717) is 16.4 Å². The van der Waals surface area contributed by atoms with E-state index in [-0.39, 0.29) is 11.0 Å². The van der Waals surface area contributed by atoms with Crippen molar-refractivity contribution in [3.63, 3.8) is 0 Å². The van der Waals surface area contributed by atoms with Gasteiger partial charge in [0.2, 0.25) is 0 Å². The maximum absolute atomic E-state index is 13.6. The molecule has 1 aliphatic carbocycles. The number of H-pyrrole nitrogens is 1. The summed E-state index contributed by atoms with van der Waals surface area (Å²) in [7, 11) is 1.63. The lowest BCUT2D eigenvalue weighted by molar-refractivity contribution is 0.218. The lowest BCUT2D eigenvalue weighted by atomic mass is 9.72. The van der Waals surface area contributed by atoms with Crippen LogP contribution in [0.5, 0.6) is 5.75 Å². The van der Waals surface area contributed by atoms with Crippen molar-refractivity contribution in [1.82, 2.24) is 9.55 Å². The molecule has 0 bridgehead atoms. The number of methoxy groups -OCH3 is 1. The zero-order valence-corrected chi connectivity index (χ0v) is 18.6. The lowest BCUT2D eigenvalue weighted by Gasteiger charge is -2.33. The molecule has 0 saturated heterocycles. The van der Waals surface area contributed by atoms with Gasteiger partial charge in [-0.05, 0) is 66.9 Å². The van der Waals surface area contributed by atoms with Gasteiger partial charge < -0.3 is 9.72 Å². The van der Waals surface area contributed by atoms with Crippen molar-refractivity contribution in [2.24, 2.45) is 11.3 Å². The first kappa shape index (κ1) is 19.4. The summed E-state index contributed by atoms with van der Waals surface area (Å²) in [6, 6.07) is 5.73. The first-order valence-corrected chi connectivity index (χ1v) is 10.9.